The molecular formula is C31H27Cl2N3O4. The van der Waals surface area contributed by atoms with Crippen LogP contribution in [-0.2, 0) is 30.9 Å². The van der Waals surface area contributed by atoms with E-state index < -0.39 is 6.04 Å². The number of nitrogens with two attached hydrogens (primary N) is 1. The standard InChI is InChI=1S/C31H27Cl2N3O4/c32-25-6-1-20(11-26(25)33)17-38-24-4-2-21(3-5-24)30-18-39-28-13-22-12-27(31(34)37)36(15-19-7-9-35-10-8-19)16-23(22)14-29(28)40-30/h1-11,13-14,27,30H,12,15-18H2,(H2,34,37). The monoisotopic (exact) mass is 575 g/mol. The Balaban J connectivity index is 1.14. The van der Waals surface area contributed by atoms with E-state index >= 15 is 0 Å². The summed E-state index contributed by atoms with van der Waals surface area (Å²) in [6.45, 7) is 1.94. The van der Waals surface area contributed by atoms with Crippen molar-refractivity contribution in [1.29, 1.82) is 0 Å². The number of fused-ring (bicyclic) bond motifs is 2. The van der Waals surface area contributed by atoms with Gasteiger partial charge in [0.1, 0.15) is 19.0 Å². The lowest BCUT2D eigenvalue weighted by Crippen LogP contribution is -2.48. The SMILES string of the molecule is NC(=O)C1Cc2cc3c(cc2CN1Cc1ccncc1)OC(c1ccc(OCc2ccc(Cl)c(Cl)c2)cc1)CO3. The minimum atomic E-state index is -0.395. The number of pyridine rings is 1. The summed E-state index contributed by atoms with van der Waals surface area (Å²) in [5.41, 5.74) is 10.9. The first-order chi connectivity index (χ1) is 19.4. The van der Waals surface area contributed by atoms with Gasteiger partial charge in [-0.1, -0.05) is 41.4 Å². The first kappa shape index (κ1) is 26.4. The number of nitrogens with zero attached hydrogens (tertiary/aromatic N) is 2. The second-order valence-corrected chi connectivity index (χ2v) is 10.8. The topological polar surface area (TPSA) is 86.9 Å². The molecule has 1 amide bonds. The molecule has 2 atom stereocenters. The lowest BCUT2D eigenvalue weighted by Gasteiger charge is -2.36. The maximum absolute atomic E-state index is 12.3. The molecule has 2 aliphatic rings. The van der Waals surface area contributed by atoms with Crippen LogP contribution in [-0.4, -0.2) is 28.4 Å². The summed E-state index contributed by atoms with van der Waals surface area (Å²) >= 11 is 12.1. The summed E-state index contributed by atoms with van der Waals surface area (Å²) in [6, 6.07) is 20.8. The number of aromatic nitrogens is 1. The average molecular weight is 576 g/mol. The molecule has 40 heavy (non-hydrogen) atoms. The Hall–Kier alpha value is -3.78. The smallest absolute Gasteiger partial charge is 0.235 e. The zero-order valence-corrected chi connectivity index (χ0v) is 23.1. The number of carbonyl (C=O) groups is 1. The highest BCUT2D eigenvalue weighted by atomic mass is 35.5. The number of ether oxygens (including phenoxy) is 3. The van der Waals surface area contributed by atoms with Crippen molar-refractivity contribution < 1.29 is 19.0 Å². The molecule has 0 bridgehead atoms. The molecule has 0 spiro atoms. The summed E-state index contributed by atoms with van der Waals surface area (Å²) < 4.78 is 18.4. The minimum absolute atomic E-state index is 0.260. The Bertz CT molecular complexity index is 1530. The lowest BCUT2D eigenvalue weighted by atomic mass is 9.92. The van der Waals surface area contributed by atoms with Crippen molar-refractivity contribution >= 4 is 29.1 Å². The molecule has 2 unspecified atom stereocenters. The third-order valence-electron chi connectivity index (χ3n) is 7.26. The predicted octanol–water partition coefficient (Wildman–Crippen LogP) is 5.89. The van der Waals surface area contributed by atoms with Crippen molar-refractivity contribution in [1.82, 2.24) is 9.88 Å². The van der Waals surface area contributed by atoms with Crippen LogP contribution < -0.4 is 19.9 Å². The summed E-state index contributed by atoms with van der Waals surface area (Å²) in [5.74, 6) is 1.78. The van der Waals surface area contributed by atoms with Crippen LogP contribution >= 0.6 is 23.2 Å². The van der Waals surface area contributed by atoms with Crippen LogP contribution in [0, 0.1) is 0 Å². The van der Waals surface area contributed by atoms with Gasteiger partial charge in [0.2, 0.25) is 5.91 Å². The fraction of sp³-hybridized carbons (Fsp3) is 0.226. The first-order valence-electron chi connectivity index (χ1n) is 13.0. The van der Waals surface area contributed by atoms with E-state index in [2.05, 4.69) is 9.88 Å². The van der Waals surface area contributed by atoms with Gasteiger partial charge in [0, 0.05) is 25.5 Å². The van der Waals surface area contributed by atoms with Gasteiger partial charge in [0.05, 0.1) is 16.1 Å². The van der Waals surface area contributed by atoms with E-state index in [-0.39, 0.29) is 12.0 Å². The first-order valence-corrected chi connectivity index (χ1v) is 13.7. The molecule has 7 nitrogen and oxygen atoms in total. The van der Waals surface area contributed by atoms with Gasteiger partial charge >= 0.3 is 0 Å². The molecule has 0 radical (unpaired) electrons. The third kappa shape index (κ3) is 5.72. The van der Waals surface area contributed by atoms with E-state index in [1.165, 1.54) is 0 Å². The highest BCUT2D eigenvalue weighted by molar-refractivity contribution is 6.42. The zero-order chi connectivity index (χ0) is 27.6. The predicted molar refractivity (Wildman–Crippen MR) is 153 cm³/mol. The number of hydrogen-bond acceptors (Lipinski definition) is 6. The molecule has 2 aliphatic heterocycles. The van der Waals surface area contributed by atoms with Crippen LogP contribution in [0.3, 0.4) is 0 Å². The maximum atomic E-state index is 12.3. The van der Waals surface area contributed by atoms with Gasteiger partial charge in [-0.2, -0.15) is 0 Å². The van der Waals surface area contributed by atoms with E-state index in [4.69, 9.17) is 43.1 Å². The van der Waals surface area contributed by atoms with Gasteiger partial charge < -0.3 is 19.9 Å². The number of benzene rings is 3. The largest absolute Gasteiger partial charge is 0.489 e. The van der Waals surface area contributed by atoms with Gasteiger partial charge in [-0.3, -0.25) is 14.7 Å². The highest BCUT2D eigenvalue weighted by Gasteiger charge is 2.33. The zero-order valence-electron chi connectivity index (χ0n) is 21.6. The second-order valence-electron chi connectivity index (χ2n) is 9.97. The lowest BCUT2D eigenvalue weighted by molar-refractivity contribution is -0.124. The van der Waals surface area contributed by atoms with Crippen LogP contribution in [0.1, 0.15) is 33.9 Å². The Kier molecular flexibility index (Phi) is 7.52. The number of hydrogen-bond donors (Lipinski definition) is 1. The van der Waals surface area contributed by atoms with Gasteiger partial charge in [-0.25, -0.2) is 0 Å². The summed E-state index contributed by atoms with van der Waals surface area (Å²) in [4.78, 5) is 18.5. The normalized spacial score (nSPS) is 18.1. The number of amides is 1. The van der Waals surface area contributed by atoms with E-state index in [1.54, 1.807) is 24.5 Å². The molecule has 6 rings (SSSR count). The van der Waals surface area contributed by atoms with Crippen molar-refractivity contribution in [2.45, 2.75) is 38.3 Å². The number of primary amides is 1. The molecule has 204 valence electrons. The molecule has 1 aromatic heterocycles. The van der Waals surface area contributed by atoms with Crippen molar-refractivity contribution in [2.24, 2.45) is 5.73 Å². The molecule has 3 heterocycles. The minimum Gasteiger partial charge on any atom is -0.489 e. The molecule has 0 saturated heterocycles. The van der Waals surface area contributed by atoms with Gasteiger partial charge in [-0.15, -0.1) is 0 Å². The van der Waals surface area contributed by atoms with E-state index in [1.807, 2.05) is 54.6 Å². The van der Waals surface area contributed by atoms with Crippen LogP contribution in [0.5, 0.6) is 17.2 Å². The molecular weight excluding hydrogens is 549 g/mol. The number of carbonyl (C=O) groups excluding carboxylic acids is 1. The molecule has 2 N–H and O–H groups in total. The quantitative estimate of drug-likeness (QED) is 0.295. The number of halogens is 2. The van der Waals surface area contributed by atoms with Crippen molar-refractivity contribution in [3.63, 3.8) is 0 Å². The molecule has 0 saturated carbocycles. The molecule has 9 heteroatoms. The van der Waals surface area contributed by atoms with E-state index in [0.29, 0.717) is 54.3 Å². The van der Waals surface area contributed by atoms with Crippen LogP contribution in [0.15, 0.2) is 79.1 Å². The van der Waals surface area contributed by atoms with E-state index in [0.717, 1.165) is 33.6 Å². The van der Waals surface area contributed by atoms with Crippen molar-refractivity contribution in [2.75, 3.05) is 6.61 Å². The third-order valence-corrected chi connectivity index (χ3v) is 8.00. The summed E-state index contributed by atoms with van der Waals surface area (Å²) in [7, 11) is 0. The average Bonchev–Trinajstić information content (AvgIpc) is 2.97. The second kappa shape index (κ2) is 11.4. The summed E-state index contributed by atoms with van der Waals surface area (Å²) in [6.07, 6.45) is 3.77. The number of rotatable bonds is 7. The summed E-state index contributed by atoms with van der Waals surface area (Å²) in [5, 5.41) is 1.02. The fourth-order valence-corrected chi connectivity index (χ4v) is 5.43. The Labute approximate surface area is 242 Å². The van der Waals surface area contributed by atoms with Crippen molar-refractivity contribution in [3.05, 3.63) is 117 Å². The van der Waals surface area contributed by atoms with Crippen LogP contribution in [0.4, 0.5) is 0 Å². The van der Waals surface area contributed by atoms with Gasteiger partial charge in [0.25, 0.3) is 0 Å². The van der Waals surface area contributed by atoms with Gasteiger partial charge in [-0.05, 0) is 82.8 Å². The van der Waals surface area contributed by atoms with Crippen molar-refractivity contribution in [3.8, 4) is 17.2 Å². The van der Waals surface area contributed by atoms with E-state index in [9.17, 15) is 4.79 Å². The van der Waals surface area contributed by atoms with Crippen LogP contribution in [0.25, 0.3) is 0 Å². The fourth-order valence-electron chi connectivity index (χ4n) is 5.11. The van der Waals surface area contributed by atoms with Crippen LogP contribution in [0.2, 0.25) is 10.0 Å². The van der Waals surface area contributed by atoms with Gasteiger partial charge in [0.15, 0.2) is 17.6 Å². The molecule has 3 aromatic carbocycles. The maximum Gasteiger partial charge on any atom is 0.235 e. The highest BCUT2D eigenvalue weighted by Crippen LogP contribution is 2.41. The molecule has 0 fully saturated rings. The Morgan fingerprint density at radius 2 is 1.73 bits per heavy atom. The Morgan fingerprint density at radius 1 is 0.950 bits per heavy atom. The molecule has 0 aliphatic carbocycles. The molecule has 4 aromatic rings. The Morgan fingerprint density at radius 3 is 2.48 bits per heavy atom.